The molecule has 0 radical (unpaired) electrons. The Morgan fingerprint density at radius 2 is 1.86 bits per heavy atom. The van der Waals surface area contributed by atoms with Crippen LogP contribution in [0.3, 0.4) is 0 Å². The largest absolute Gasteiger partial charge is 0.314 e. The Kier molecular flexibility index (Phi) is 5.67. The van der Waals surface area contributed by atoms with E-state index in [1.54, 1.807) is 0 Å². The van der Waals surface area contributed by atoms with E-state index >= 15 is 0 Å². The molecule has 2 aromatic rings. The zero-order valence-electron chi connectivity index (χ0n) is 11.7. The van der Waals surface area contributed by atoms with Crippen molar-refractivity contribution in [3.8, 4) is 0 Å². The number of aromatic nitrogens is 1. The van der Waals surface area contributed by atoms with E-state index in [2.05, 4.69) is 27.3 Å². The maximum absolute atomic E-state index is 13.0. The number of piperazine rings is 1. The predicted molar refractivity (Wildman–Crippen MR) is 83.9 cm³/mol. The molecule has 0 spiro atoms. The molecule has 1 aliphatic heterocycles. The molecular weight excluding hydrogens is 289 g/mol. The number of rotatable bonds is 3. The van der Waals surface area contributed by atoms with E-state index in [0.29, 0.717) is 6.04 Å². The van der Waals surface area contributed by atoms with Crippen LogP contribution in [0.25, 0.3) is 0 Å². The highest BCUT2D eigenvalue weighted by Crippen LogP contribution is 2.23. The Bertz CT molecular complexity index is 547. The molecule has 2 heterocycles. The molecule has 1 aromatic heterocycles. The molecule has 112 valence electrons. The summed E-state index contributed by atoms with van der Waals surface area (Å²) >= 11 is 0. The average Bonchev–Trinajstić information content (AvgIpc) is 2.51. The van der Waals surface area contributed by atoms with Crippen LogP contribution in [0.15, 0.2) is 48.8 Å². The van der Waals surface area contributed by atoms with E-state index in [-0.39, 0.29) is 18.2 Å². The van der Waals surface area contributed by atoms with Crippen molar-refractivity contribution in [3.05, 3.63) is 65.7 Å². The molecule has 1 fully saturated rings. The van der Waals surface area contributed by atoms with Gasteiger partial charge in [0.2, 0.25) is 0 Å². The summed E-state index contributed by atoms with van der Waals surface area (Å²) in [4.78, 5) is 6.51. The van der Waals surface area contributed by atoms with Crippen LogP contribution in [0, 0.1) is 5.82 Å². The quantitative estimate of drug-likeness (QED) is 0.945. The van der Waals surface area contributed by atoms with Crippen LogP contribution in [0.2, 0.25) is 0 Å². The van der Waals surface area contributed by atoms with Gasteiger partial charge >= 0.3 is 0 Å². The van der Waals surface area contributed by atoms with Gasteiger partial charge in [0.15, 0.2) is 0 Å². The Morgan fingerprint density at radius 1 is 1.14 bits per heavy atom. The highest BCUT2D eigenvalue weighted by Gasteiger charge is 2.23. The number of halogens is 2. The van der Waals surface area contributed by atoms with Crippen molar-refractivity contribution in [2.24, 2.45) is 0 Å². The molecule has 1 N–H and O–H groups in total. The first-order valence-electron chi connectivity index (χ1n) is 6.92. The van der Waals surface area contributed by atoms with Gasteiger partial charge in [0.25, 0.3) is 0 Å². The standard InChI is InChI=1S/C16H18FN3.ClH/c17-15-3-1-13(2-4-15)12-20-10-9-19-11-16(20)14-5-7-18-8-6-14;/h1-8,16,19H,9-12H2;1H. The minimum absolute atomic E-state index is 0. The summed E-state index contributed by atoms with van der Waals surface area (Å²) in [7, 11) is 0. The fourth-order valence-corrected chi connectivity index (χ4v) is 2.67. The average molecular weight is 308 g/mol. The van der Waals surface area contributed by atoms with Gasteiger partial charge in [-0.3, -0.25) is 9.88 Å². The van der Waals surface area contributed by atoms with E-state index in [4.69, 9.17) is 0 Å². The minimum Gasteiger partial charge on any atom is -0.314 e. The molecule has 1 saturated heterocycles. The molecule has 3 nitrogen and oxygen atoms in total. The van der Waals surface area contributed by atoms with E-state index < -0.39 is 0 Å². The van der Waals surface area contributed by atoms with E-state index in [1.165, 1.54) is 17.7 Å². The van der Waals surface area contributed by atoms with Gasteiger partial charge in [0.05, 0.1) is 0 Å². The number of benzene rings is 1. The topological polar surface area (TPSA) is 28.2 Å². The lowest BCUT2D eigenvalue weighted by Crippen LogP contribution is -2.45. The van der Waals surface area contributed by atoms with Gasteiger partial charge in [-0.1, -0.05) is 12.1 Å². The lowest BCUT2D eigenvalue weighted by atomic mass is 10.0. The second-order valence-electron chi connectivity index (χ2n) is 5.10. The van der Waals surface area contributed by atoms with Crippen molar-refractivity contribution in [2.75, 3.05) is 19.6 Å². The van der Waals surface area contributed by atoms with Crippen LogP contribution in [0.1, 0.15) is 17.2 Å². The zero-order chi connectivity index (χ0) is 13.8. The number of nitrogens with zero attached hydrogens (tertiary/aromatic N) is 2. The SMILES string of the molecule is Cl.Fc1ccc(CN2CCNCC2c2ccncc2)cc1. The van der Waals surface area contributed by atoms with Gasteiger partial charge in [-0.25, -0.2) is 4.39 Å². The van der Waals surface area contributed by atoms with Crippen molar-refractivity contribution in [2.45, 2.75) is 12.6 Å². The van der Waals surface area contributed by atoms with Crippen molar-refractivity contribution in [1.29, 1.82) is 0 Å². The molecule has 0 bridgehead atoms. The molecule has 5 heteroatoms. The van der Waals surface area contributed by atoms with Gasteiger partial charge in [-0.15, -0.1) is 12.4 Å². The fraction of sp³-hybridized carbons (Fsp3) is 0.312. The summed E-state index contributed by atoms with van der Waals surface area (Å²) < 4.78 is 13.0. The number of pyridine rings is 1. The number of hydrogen-bond acceptors (Lipinski definition) is 3. The number of nitrogens with one attached hydrogen (secondary N) is 1. The van der Waals surface area contributed by atoms with Gasteiger partial charge in [0.1, 0.15) is 5.82 Å². The molecule has 0 saturated carbocycles. The zero-order valence-corrected chi connectivity index (χ0v) is 12.5. The minimum atomic E-state index is -0.181. The Balaban J connectivity index is 0.00000161. The maximum atomic E-state index is 13.0. The maximum Gasteiger partial charge on any atom is 0.123 e. The first-order chi connectivity index (χ1) is 9.83. The van der Waals surface area contributed by atoms with Gasteiger partial charge < -0.3 is 5.32 Å². The van der Waals surface area contributed by atoms with E-state index in [9.17, 15) is 4.39 Å². The van der Waals surface area contributed by atoms with Gasteiger partial charge in [0, 0.05) is 44.6 Å². The monoisotopic (exact) mass is 307 g/mol. The molecule has 1 aliphatic rings. The lowest BCUT2D eigenvalue weighted by Gasteiger charge is -2.36. The number of hydrogen-bond donors (Lipinski definition) is 1. The molecule has 1 atom stereocenters. The third kappa shape index (κ3) is 4.00. The molecule has 21 heavy (non-hydrogen) atoms. The van der Waals surface area contributed by atoms with Gasteiger partial charge in [-0.2, -0.15) is 0 Å². The molecule has 0 aliphatic carbocycles. The molecule has 1 aromatic carbocycles. The van der Waals surface area contributed by atoms with Crippen molar-refractivity contribution in [1.82, 2.24) is 15.2 Å². The molecule has 0 amide bonds. The van der Waals surface area contributed by atoms with Crippen LogP contribution >= 0.6 is 12.4 Å². The summed E-state index contributed by atoms with van der Waals surface area (Å²) in [6, 6.07) is 11.3. The Hall–Kier alpha value is -1.49. The second-order valence-corrected chi connectivity index (χ2v) is 5.10. The summed E-state index contributed by atoms with van der Waals surface area (Å²) in [6.07, 6.45) is 3.67. The first kappa shape index (κ1) is 15.9. The third-order valence-corrected chi connectivity index (χ3v) is 3.74. The predicted octanol–water partition coefficient (Wildman–Crippen LogP) is 2.79. The van der Waals surface area contributed by atoms with Crippen molar-refractivity contribution < 1.29 is 4.39 Å². The normalized spacial score (nSPS) is 19.0. The van der Waals surface area contributed by atoms with Crippen molar-refractivity contribution in [3.63, 3.8) is 0 Å². The molecule has 3 rings (SSSR count). The molecule has 1 unspecified atom stereocenters. The van der Waals surface area contributed by atoms with E-state index in [1.807, 2.05) is 24.5 Å². The summed E-state index contributed by atoms with van der Waals surface area (Å²) in [5.74, 6) is -0.181. The first-order valence-corrected chi connectivity index (χ1v) is 6.92. The highest BCUT2D eigenvalue weighted by atomic mass is 35.5. The Labute approximate surface area is 130 Å². The van der Waals surface area contributed by atoms with E-state index in [0.717, 1.165) is 31.7 Å². The van der Waals surface area contributed by atoms with Crippen LogP contribution in [0.4, 0.5) is 4.39 Å². The van der Waals surface area contributed by atoms with Crippen LogP contribution in [-0.2, 0) is 6.54 Å². The lowest BCUT2D eigenvalue weighted by molar-refractivity contribution is 0.153. The summed E-state index contributed by atoms with van der Waals surface area (Å²) in [6.45, 7) is 3.76. The third-order valence-electron chi connectivity index (χ3n) is 3.74. The highest BCUT2D eigenvalue weighted by molar-refractivity contribution is 5.85. The van der Waals surface area contributed by atoms with Crippen LogP contribution in [0.5, 0.6) is 0 Å². The molecular formula is C16H19ClFN3. The summed E-state index contributed by atoms with van der Waals surface area (Å²) in [5.41, 5.74) is 2.42. The second kappa shape index (κ2) is 7.50. The van der Waals surface area contributed by atoms with Crippen LogP contribution in [-0.4, -0.2) is 29.5 Å². The van der Waals surface area contributed by atoms with Crippen LogP contribution < -0.4 is 5.32 Å². The Morgan fingerprint density at radius 3 is 2.57 bits per heavy atom. The van der Waals surface area contributed by atoms with Crippen molar-refractivity contribution >= 4 is 12.4 Å². The van der Waals surface area contributed by atoms with Gasteiger partial charge in [-0.05, 0) is 35.4 Å². The smallest absolute Gasteiger partial charge is 0.123 e. The summed E-state index contributed by atoms with van der Waals surface area (Å²) in [5, 5.41) is 3.44. The fourth-order valence-electron chi connectivity index (χ4n) is 2.67.